The van der Waals surface area contributed by atoms with E-state index >= 15 is 0 Å². The maximum Gasteiger partial charge on any atom is 0.178 e. The minimum atomic E-state index is 0.361. The summed E-state index contributed by atoms with van der Waals surface area (Å²) >= 11 is 0. The van der Waals surface area contributed by atoms with Crippen molar-refractivity contribution in [3.8, 4) is 0 Å². The first-order valence-electron chi connectivity index (χ1n) is 4.49. The molecule has 0 spiro atoms. The Balaban J connectivity index is 2.57. The number of fused-ring (bicyclic) bond motifs is 1. The topological polar surface area (TPSA) is 43.6 Å². The highest BCUT2D eigenvalue weighted by Gasteiger charge is 2.08. The first-order valence-corrected chi connectivity index (χ1v) is 4.49. The maximum absolute atomic E-state index is 4.25. The minimum Gasteiger partial charge on any atom is -0.235 e. The predicted molar refractivity (Wildman–Crippen MR) is 50.3 cm³/mol. The van der Waals surface area contributed by atoms with Crippen molar-refractivity contribution in [1.82, 2.24) is 20.0 Å². The molecule has 0 bridgehead atoms. The summed E-state index contributed by atoms with van der Waals surface area (Å²) in [7, 11) is 0. The molecule has 2 aromatic rings. The van der Waals surface area contributed by atoms with E-state index in [1.54, 1.807) is 6.20 Å². The Hall–Kier alpha value is -1.45. The van der Waals surface area contributed by atoms with Crippen LogP contribution in [0, 0.1) is 0 Å². The van der Waals surface area contributed by atoms with E-state index in [9.17, 15) is 0 Å². The van der Waals surface area contributed by atoms with Crippen molar-refractivity contribution in [1.29, 1.82) is 0 Å². The number of rotatable bonds is 2. The molecule has 0 saturated heterocycles. The van der Waals surface area contributed by atoms with Crippen LogP contribution in [0.3, 0.4) is 0 Å². The van der Waals surface area contributed by atoms with Crippen LogP contribution in [0.25, 0.3) is 11.2 Å². The highest BCUT2D eigenvalue weighted by molar-refractivity contribution is 5.68. The minimum absolute atomic E-state index is 0.361. The van der Waals surface area contributed by atoms with Crippen molar-refractivity contribution in [2.24, 2.45) is 0 Å². The van der Waals surface area contributed by atoms with Crippen LogP contribution < -0.4 is 0 Å². The summed E-state index contributed by atoms with van der Waals surface area (Å²) in [6, 6.07) is 4.16. The normalized spacial score (nSPS) is 13.4. The van der Waals surface area contributed by atoms with Crippen molar-refractivity contribution < 1.29 is 0 Å². The molecule has 13 heavy (non-hydrogen) atoms. The number of aromatic nitrogens is 4. The summed E-state index contributed by atoms with van der Waals surface area (Å²) in [6.45, 7) is 4.24. The fourth-order valence-corrected chi connectivity index (χ4v) is 1.25. The van der Waals surface area contributed by atoms with Crippen LogP contribution in [-0.2, 0) is 0 Å². The van der Waals surface area contributed by atoms with Crippen molar-refractivity contribution in [2.75, 3.05) is 0 Å². The lowest BCUT2D eigenvalue weighted by atomic mass is 10.3. The Morgan fingerprint density at radius 3 is 3.15 bits per heavy atom. The van der Waals surface area contributed by atoms with E-state index in [0.717, 1.165) is 17.6 Å². The molecule has 0 fully saturated rings. The number of hydrogen-bond acceptors (Lipinski definition) is 3. The standard InChI is InChI=1S/C9H12N4/c1-3-7(2)13-9-8(11-12-13)5-4-6-10-9/h4-7H,3H2,1-2H3. The summed E-state index contributed by atoms with van der Waals surface area (Å²) < 4.78 is 1.87. The van der Waals surface area contributed by atoms with Gasteiger partial charge in [-0.25, -0.2) is 9.67 Å². The van der Waals surface area contributed by atoms with Gasteiger partial charge in [-0.05, 0) is 25.5 Å². The number of pyridine rings is 1. The number of nitrogens with zero attached hydrogens (tertiary/aromatic N) is 4. The second-order valence-electron chi connectivity index (χ2n) is 3.14. The van der Waals surface area contributed by atoms with Gasteiger partial charge in [0, 0.05) is 6.20 Å². The average molecular weight is 176 g/mol. The molecule has 0 aliphatic rings. The monoisotopic (exact) mass is 176 g/mol. The fourth-order valence-electron chi connectivity index (χ4n) is 1.25. The molecule has 1 atom stereocenters. The molecule has 0 aliphatic heterocycles. The SMILES string of the molecule is CCC(C)n1nnc2cccnc21. The van der Waals surface area contributed by atoms with Gasteiger partial charge in [0.05, 0.1) is 6.04 Å². The Morgan fingerprint density at radius 2 is 2.38 bits per heavy atom. The van der Waals surface area contributed by atoms with Gasteiger partial charge in [-0.15, -0.1) is 5.10 Å². The van der Waals surface area contributed by atoms with Crippen molar-refractivity contribution in [3.05, 3.63) is 18.3 Å². The molecule has 2 aromatic heterocycles. The third-order valence-electron chi connectivity index (χ3n) is 2.24. The first kappa shape index (κ1) is 8.16. The summed E-state index contributed by atoms with van der Waals surface area (Å²) in [5.74, 6) is 0. The molecular formula is C9H12N4. The predicted octanol–water partition coefficient (Wildman–Crippen LogP) is 1.80. The van der Waals surface area contributed by atoms with Crippen LogP contribution in [-0.4, -0.2) is 20.0 Å². The van der Waals surface area contributed by atoms with Gasteiger partial charge in [0.15, 0.2) is 5.65 Å². The molecule has 1 unspecified atom stereocenters. The lowest BCUT2D eigenvalue weighted by molar-refractivity contribution is 0.475. The van der Waals surface area contributed by atoms with Crippen LogP contribution in [0.2, 0.25) is 0 Å². The van der Waals surface area contributed by atoms with E-state index in [1.807, 2.05) is 16.8 Å². The van der Waals surface area contributed by atoms with Gasteiger partial charge >= 0.3 is 0 Å². The van der Waals surface area contributed by atoms with Gasteiger partial charge in [0.25, 0.3) is 0 Å². The molecule has 4 heteroatoms. The van der Waals surface area contributed by atoms with Crippen LogP contribution in [0.4, 0.5) is 0 Å². The second kappa shape index (κ2) is 3.12. The molecule has 0 aliphatic carbocycles. The van der Waals surface area contributed by atoms with Crippen LogP contribution in [0.15, 0.2) is 18.3 Å². The zero-order chi connectivity index (χ0) is 9.26. The molecule has 0 saturated carbocycles. The van der Waals surface area contributed by atoms with Gasteiger partial charge in [0.2, 0.25) is 0 Å². The van der Waals surface area contributed by atoms with E-state index in [2.05, 4.69) is 29.1 Å². The summed E-state index contributed by atoms with van der Waals surface area (Å²) in [5.41, 5.74) is 1.74. The zero-order valence-electron chi connectivity index (χ0n) is 7.81. The Bertz CT molecular complexity index is 407. The van der Waals surface area contributed by atoms with Crippen LogP contribution in [0.1, 0.15) is 26.3 Å². The highest BCUT2D eigenvalue weighted by atomic mass is 15.4. The summed E-state index contributed by atoms with van der Waals surface area (Å²) in [4.78, 5) is 4.25. The van der Waals surface area contributed by atoms with E-state index < -0.39 is 0 Å². The zero-order valence-corrected chi connectivity index (χ0v) is 7.81. The molecule has 0 amide bonds. The lowest BCUT2D eigenvalue weighted by Gasteiger charge is -2.07. The Labute approximate surface area is 76.6 Å². The van der Waals surface area contributed by atoms with Crippen molar-refractivity contribution >= 4 is 11.2 Å². The molecule has 4 nitrogen and oxygen atoms in total. The van der Waals surface area contributed by atoms with Gasteiger partial charge in [0.1, 0.15) is 5.52 Å². The van der Waals surface area contributed by atoms with Crippen LogP contribution in [0.5, 0.6) is 0 Å². The average Bonchev–Trinajstić information content (AvgIpc) is 2.60. The van der Waals surface area contributed by atoms with E-state index in [4.69, 9.17) is 0 Å². The third kappa shape index (κ3) is 1.28. The van der Waals surface area contributed by atoms with Gasteiger partial charge < -0.3 is 0 Å². The summed E-state index contributed by atoms with van der Waals surface area (Å²) in [6.07, 6.45) is 2.81. The molecule has 0 aromatic carbocycles. The smallest absolute Gasteiger partial charge is 0.178 e. The first-order chi connectivity index (χ1) is 6.33. The third-order valence-corrected chi connectivity index (χ3v) is 2.24. The highest BCUT2D eigenvalue weighted by Crippen LogP contribution is 2.14. The van der Waals surface area contributed by atoms with Crippen LogP contribution >= 0.6 is 0 Å². The summed E-state index contributed by atoms with van der Waals surface area (Å²) in [5, 5.41) is 8.11. The lowest BCUT2D eigenvalue weighted by Crippen LogP contribution is -2.06. The van der Waals surface area contributed by atoms with Crippen molar-refractivity contribution in [2.45, 2.75) is 26.3 Å². The van der Waals surface area contributed by atoms with Gasteiger partial charge in [-0.3, -0.25) is 0 Å². The largest absolute Gasteiger partial charge is 0.235 e. The molecular weight excluding hydrogens is 164 g/mol. The van der Waals surface area contributed by atoms with E-state index in [0.29, 0.717) is 6.04 Å². The molecule has 2 heterocycles. The second-order valence-corrected chi connectivity index (χ2v) is 3.14. The molecule has 0 radical (unpaired) electrons. The molecule has 68 valence electrons. The van der Waals surface area contributed by atoms with Gasteiger partial charge in [-0.1, -0.05) is 12.1 Å². The fraction of sp³-hybridized carbons (Fsp3) is 0.444. The van der Waals surface area contributed by atoms with E-state index in [-0.39, 0.29) is 0 Å². The number of hydrogen-bond donors (Lipinski definition) is 0. The molecule has 0 N–H and O–H groups in total. The van der Waals surface area contributed by atoms with Crippen molar-refractivity contribution in [3.63, 3.8) is 0 Å². The van der Waals surface area contributed by atoms with E-state index in [1.165, 1.54) is 0 Å². The quantitative estimate of drug-likeness (QED) is 0.700. The Kier molecular flexibility index (Phi) is 1.96. The maximum atomic E-state index is 4.25. The van der Waals surface area contributed by atoms with Gasteiger partial charge in [-0.2, -0.15) is 0 Å². The Morgan fingerprint density at radius 1 is 1.54 bits per heavy atom. The molecule has 2 rings (SSSR count).